The van der Waals surface area contributed by atoms with E-state index >= 15 is 0 Å². The van der Waals surface area contributed by atoms with E-state index in [-0.39, 0.29) is 22.6 Å². The molecule has 2 aliphatic rings. The van der Waals surface area contributed by atoms with Crippen molar-refractivity contribution in [1.82, 2.24) is 15.9 Å². The van der Waals surface area contributed by atoms with E-state index < -0.39 is 30.1 Å². The number of hydrazine groups is 1. The molecule has 134 valence electrons. The Balaban J connectivity index is 1.95. The Morgan fingerprint density at radius 3 is 2.48 bits per heavy atom. The van der Waals surface area contributed by atoms with Gasteiger partial charge in [0.05, 0.1) is 17.9 Å². The quantitative estimate of drug-likeness (QED) is 0.726. The fourth-order valence-corrected chi connectivity index (χ4v) is 2.48. The van der Waals surface area contributed by atoms with Gasteiger partial charge < -0.3 is 5.11 Å². The van der Waals surface area contributed by atoms with Crippen molar-refractivity contribution >= 4 is 11.5 Å². The maximum atomic E-state index is 13.6. The highest BCUT2D eigenvalue weighted by Gasteiger charge is 2.41. The highest BCUT2D eigenvalue weighted by atomic mass is 19.4. The van der Waals surface area contributed by atoms with Crippen molar-refractivity contribution in [3.05, 3.63) is 52.9 Å². The molecule has 5 nitrogen and oxygen atoms in total. The van der Waals surface area contributed by atoms with Gasteiger partial charge in [-0.2, -0.15) is 27.1 Å². The number of benzene rings is 1. The molecule has 0 atom stereocenters. The summed E-state index contributed by atoms with van der Waals surface area (Å²) in [5.41, 5.74) is 4.74. The molecule has 0 aromatic heterocycles. The van der Waals surface area contributed by atoms with Crippen LogP contribution < -0.4 is 10.9 Å². The van der Waals surface area contributed by atoms with Crippen molar-refractivity contribution in [2.75, 3.05) is 0 Å². The Hall–Kier alpha value is -2.62. The van der Waals surface area contributed by atoms with Crippen LogP contribution in [0.15, 0.2) is 41.3 Å². The second kappa shape index (κ2) is 5.73. The van der Waals surface area contributed by atoms with Crippen LogP contribution in [-0.2, 0) is 12.8 Å². The van der Waals surface area contributed by atoms with Gasteiger partial charge in [0, 0.05) is 12.5 Å². The number of allylic oxidation sites excluding steroid dienone is 2. The summed E-state index contributed by atoms with van der Waals surface area (Å²) in [4.78, 5) is 0. The number of nitrogens with zero attached hydrogens (tertiary/aromatic N) is 2. The van der Waals surface area contributed by atoms with E-state index in [1.165, 1.54) is 18.2 Å². The molecule has 3 N–H and O–H groups in total. The fraction of sp³-hybridized carbons (Fsp3) is 0.267. The van der Waals surface area contributed by atoms with Crippen molar-refractivity contribution < 1.29 is 27.1 Å². The van der Waals surface area contributed by atoms with Crippen LogP contribution in [0.5, 0.6) is 0 Å². The van der Waals surface area contributed by atoms with Gasteiger partial charge in [-0.1, -0.05) is 6.07 Å². The van der Waals surface area contributed by atoms with E-state index in [1.807, 2.05) is 0 Å². The number of halogens is 5. The normalized spacial score (nSPS) is 17.2. The van der Waals surface area contributed by atoms with E-state index in [4.69, 9.17) is 0 Å². The minimum atomic E-state index is -4.55. The number of amidine groups is 1. The van der Waals surface area contributed by atoms with Crippen LogP contribution >= 0.6 is 0 Å². The van der Waals surface area contributed by atoms with E-state index in [0.29, 0.717) is 6.92 Å². The zero-order valence-corrected chi connectivity index (χ0v) is 12.8. The average molecular weight is 360 g/mol. The molecule has 2 heterocycles. The molecule has 3 rings (SSSR count). The lowest BCUT2D eigenvalue weighted by Crippen LogP contribution is -2.47. The van der Waals surface area contributed by atoms with E-state index in [9.17, 15) is 27.1 Å². The van der Waals surface area contributed by atoms with Crippen LogP contribution in [0, 0.1) is 0 Å². The first kappa shape index (κ1) is 17.2. The summed E-state index contributed by atoms with van der Waals surface area (Å²) in [7, 11) is 0. The first-order chi connectivity index (χ1) is 11.6. The number of aliphatic hydroxyl groups excluding tert-OH is 1. The first-order valence-corrected chi connectivity index (χ1v) is 7.13. The average Bonchev–Trinajstić information content (AvgIpc) is 2.96. The molecular weight excluding hydrogens is 347 g/mol. The van der Waals surface area contributed by atoms with E-state index in [0.717, 1.165) is 17.1 Å². The topological polar surface area (TPSA) is 59.9 Å². The number of nitrogens with one attached hydrogen (secondary N) is 2. The second-order valence-electron chi connectivity index (χ2n) is 5.54. The van der Waals surface area contributed by atoms with Crippen LogP contribution in [0.3, 0.4) is 0 Å². The molecule has 10 heteroatoms. The molecule has 0 amide bonds. The zero-order chi connectivity index (χ0) is 18.4. The van der Waals surface area contributed by atoms with Crippen LogP contribution in [0.4, 0.5) is 22.0 Å². The molecule has 1 aromatic carbocycles. The monoisotopic (exact) mass is 360 g/mol. The Bertz CT molecular complexity index is 792. The van der Waals surface area contributed by atoms with Gasteiger partial charge in [-0.15, -0.1) is 0 Å². The predicted octanol–water partition coefficient (Wildman–Crippen LogP) is 2.77. The summed E-state index contributed by atoms with van der Waals surface area (Å²) >= 11 is 0. The van der Waals surface area contributed by atoms with Crippen molar-refractivity contribution in [2.45, 2.75) is 25.6 Å². The highest BCUT2D eigenvalue weighted by molar-refractivity contribution is 5.92. The molecule has 2 aliphatic heterocycles. The lowest BCUT2D eigenvalue weighted by Gasteiger charge is -2.29. The summed E-state index contributed by atoms with van der Waals surface area (Å²) < 4.78 is 65.6. The molecule has 0 radical (unpaired) electrons. The summed E-state index contributed by atoms with van der Waals surface area (Å²) in [5, 5.41) is 14.0. The van der Waals surface area contributed by atoms with Gasteiger partial charge in [-0.05, 0) is 29.8 Å². The maximum Gasteiger partial charge on any atom is 0.416 e. The number of hydrazone groups is 1. The molecule has 0 saturated carbocycles. The van der Waals surface area contributed by atoms with E-state index in [1.54, 1.807) is 0 Å². The molecule has 1 aromatic rings. The lowest BCUT2D eigenvalue weighted by molar-refractivity contribution is -0.137. The summed E-state index contributed by atoms with van der Waals surface area (Å²) in [5.74, 6) is -3.57. The number of hydrogen-bond donors (Lipinski definition) is 3. The highest BCUT2D eigenvalue weighted by Crippen LogP contribution is 2.33. The fourth-order valence-electron chi connectivity index (χ4n) is 2.48. The third-order valence-corrected chi connectivity index (χ3v) is 3.65. The molecule has 25 heavy (non-hydrogen) atoms. The van der Waals surface area contributed by atoms with Crippen LogP contribution in [0.2, 0.25) is 0 Å². The molecule has 0 spiro atoms. The molecule has 0 bridgehead atoms. The van der Waals surface area contributed by atoms with Crippen LogP contribution in [0.25, 0.3) is 5.70 Å². The Morgan fingerprint density at radius 2 is 1.88 bits per heavy atom. The molecule has 0 aliphatic carbocycles. The number of rotatable bonds is 3. The van der Waals surface area contributed by atoms with Gasteiger partial charge in [0.2, 0.25) is 5.84 Å². The molecule has 0 unspecified atom stereocenters. The first-order valence-electron chi connectivity index (χ1n) is 7.13. The molecular formula is C15H13F5N4O. The lowest BCUT2D eigenvalue weighted by atomic mass is 10.0. The SMILES string of the molecule is CC(F)(F)C1=NNC2=CC=C(c3ccc(C(F)(F)F)cc3CO)NN21. The predicted molar refractivity (Wildman–Crippen MR) is 79.6 cm³/mol. The van der Waals surface area contributed by atoms with Gasteiger partial charge in [-0.25, -0.2) is 5.01 Å². The van der Waals surface area contributed by atoms with Crippen molar-refractivity contribution in [3.63, 3.8) is 0 Å². The largest absolute Gasteiger partial charge is 0.416 e. The third kappa shape index (κ3) is 3.16. The zero-order valence-electron chi connectivity index (χ0n) is 12.8. The smallest absolute Gasteiger partial charge is 0.392 e. The van der Waals surface area contributed by atoms with Crippen molar-refractivity contribution in [1.29, 1.82) is 0 Å². The summed E-state index contributed by atoms with van der Waals surface area (Å²) in [6.07, 6.45) is -1.60. The second-order valence-corrected chi connectivity index (χ2v) is 5.54. The Morgan fingerprint density at radius 1 is 1.16 bits per heavy atom. The van der Waals surface area contributed by atoms with Gasteiger partial charge in [0.25, 0.3) is 0 Å². The summed E-state index contributed by atoms with van der Waals surface area (Å²) in [6, 6.07) is 2.86. The van der Waals surface area contributed by atoms with Gasteiger partial charge in [0.15, 0.2) is 0 Å². The standard InChI is InChI=1S/C15H13F5N4O/c1-14(16,17)13-22-21-12-5-4-11(23-24(12)13)10-3-2-9(15(18,19)20)6-8(10)7-25/h2-6,21,23,25H,7H2,1H3. The Kier molecular flexibility index (Phi) is 3.94. The van der Waals surface area contributed by atoms with Gasteiger partial charge >= 0.3 is 12.1 Å². The van der Waals surface area contributed by atoms with Crippen LogP contribution in [-0.4, -0.2) is 21.9 Å². The van der Waals surface area contributed by atoms with Crippen molar-refractivity contribution in [2.24, 2.45) is 5.10 Å². The third-order valence-electron chi connectivity index (χ3n) is 3.65. The minimum Gasteiger partial charge on any atom is -0.392 e. The van der Waals surface area contributed by atoms with E-state index in [2.05, 4.69) is 16.0 Å². The number of fused-ring (bicyclic) bond motifs is 1. The molecule has 0 fully saturated rings. The van der Waals surface area contributed by atoms with Crippen LogP contribution in [0.1, 0.15) is 23.6 Å². The number of aliphatic hydroxyl groups is 1. The van der Waals surface area contributed by atoms with Crippen molar-refractivity contribution in [3.8, 4) is 0 Å². The van der Waals surface area contributed by atoms with Gasteiger partial charge in [-0.3, -0.25) is 10.9 Å². The number of alkyl halides is 5. The van der Waals surface area contributed by atoms with Gasteiger partial charge in [0.1, 0.15) is 5.82 Å². The molecule has 0 saturated heterocycles. The maximum absolute atomic E-state index is 13.6. The number of hydrogen-bond acceptors (Lipinski definition) is 5. The Labute approximate surface area is 139 Å². The summed E-state index contributed by atoms with van der Waals surface area (Å²) in [6.45, 7) is 0.0331. The minimum absolute atomic E-state index is 0.0133.